The van der Waals surface area contributed by atoms with Crippen LogP contribution in [0.25, 0.3) is 0 Å². The standard InChI is InChI=1S/C11H13NO/c1-9(2)12-7-10-3-5-11(8-13)6-4-10/h3-6,8,12H,1,7H2,2H3. The molecule has 0 aliphatic rings. The maximum absolute atomic E-state index is 10.4. The first-order chi connectivity index (χ1) is 6.22. The largest absolute Gasteiger partial charge is 0.385 e. The van der Waals surface area contributed by atoms with Crippen LogP contribution in [-0.2, 0) is 6.54 Å². The molecule has 0 amide bonds. The van der Waals surface area contributed by atoms with E-state index in [0.717, 1.165) is 24.1 Å². The molecule has 0 saturated heterocycles. The van der Waals surface area contributed by atoms with Crippen LogP contribution in [0.5, 0.6) is 0 Å². The Morgan fingerprint density at radius 1 is 1.46 bits per heavy atom. The average molecular weight is 175 g/mol. The zero-order valence-corrected chi connectivity index (χ0v) is 7.71. The van der Waals surface area contributed by atoms with Crippen LogP contribution in [0.1, 0.15) is 22.8 Å². The summed E-state index contributed by atoms with van der Waals surface area (Å²) in [5.41, 5.74) is 2.80. The first-order valence-corrected chi connectivity index (χ1v) is 4.16. The SMILES string of the molecule is C=C(C)NCc1ccc(C=O)cc1. The molecular formula is C11H13NO. The number of hydrogen-bond donors (Lipinski definition) is 1. The van der Waals surface area contributed by atoms with Crippen molar-refractivity contribution in [3.8, 4) is 0 Å². The van der Waals surface area contributed by atoms with E-state index >= 15 is 0 Å². The van der Waals surface area contributed by atoms with E-state index in [4.69, 9.17) is 0 Å². The van der Waals surface area contributed by atoms with E-state index in [1.165, 1.54) is 0 Å². The van der Waals surface area contributed by atoms with Crippen LogP contribution >= 0.6 is 0 Å². The third-order valence-corrected chi connectivity index (χ3v) is 1.71. The highest BCUT2D eigenvalue weighted by atomic mass is 16.1. The minimum absolute atomic E-state index is 0.707. The van der Waals surface area contributed by atoms with Gasteiger partial charge < -0.3 is 5.32 Å². The van der Waals surface area contributed by atoms with E-state index in [0.29, 0.717) is 5.56 Å². The molecule has 1 N–H and O–H groups in total. The quantitative estimate of drug-likeness (QED) is 0.710. The molecule has 0 aromatic heterocycles. The second kappa shape index (κ2) is 4.45. The van der Waals surface area contributed by atoms with Crippen LogP contribution in [0.3, 0.4) is 0 Å². The van der Waals surface area contributed by atoms with Crippen molar-refractivity contribution in [1.29, 1.82) is 0 Å². The minimum Gasteiger partial charge on any atom is -0.385 e. The Morgan fingerprint density at radius 2 is 2.08 bits per heavy atom. The Hall–Kier alpha value is -1.57. The van der Waals surface area contributed by atoms with Gasteiger partial charge in [-0.25, -0.2) is 0 Å². The summed E-state index contributed by atoms with van der Waals surface area (Å²) in [5.74, 6) is 0. The molecule has 0 aliphatic heterocycles. The van der Waals surface area contributed by atoms with Crippen molar-refractivity contribution >= 4 is 6.29 Å². The molecule has 0 bridgehead atoms. The summed E-state index contributed by atoms with van der Waals surface area (Å²) < 4.78 is 0. The number of carbonyl (C=O) groups is 1. The molecule has 68 valence electrons. The molecule has 1 rings (SSSR count). The Labute approximate surface area is 78.3 Å². The smallest absolute Gasteiger partial charge is 0.150 e. The fourth-order valence-corrected chi connectivity index (χ4v) is 0.967. The maximum Gasteiger partial charge on any atom is 0.150 e. The molecule has 0 unspecified atom stereocenters. The normalized spacial score (nSPS) is 9.31. The summed E-state index contributed by atoms with van der Waals surface area (Å²) in [7, 11) is 0. The van der Waals surface area contributed by atoms with E-state index in [-0.39, 0.29) is 0 Å². The summed E-state index contributed by atoms with van der Waals surface area (Å²) in [5, 5.41) is 3.12. The molecule has 1 aromatic carbocycles. The molecule has 2 heteroatoms. The lowest BCUT2D eigenvalue weighted by atomic mass is 10.1. The van der Waals surface area contributed by atoms with Crippen molar-refractivity contribution in [2.45, 2.75) is 13.5 Å². The van der Waals surface area contributed by atoms with Gasteiger partial charge in [0.05, 0.1) is 0 Å². The van der Waals surface area contributed by atoms with Crippen LogP contribution in [0.15, 0.2) is 36.5 Å². The van der Waals surface area contributed by atoms with Gasteiger partial charge in [0.15, 0.2) is 0 Å². The van der Waals surface area contributed by atoms with Gasteiger partial charge in [-0.05, 0) is 12.5 Å². The number of benzene rings is 1. The van der Waals surface area contributed by atoms with Crippen LogP contribution in [-0.4, -0.2) is 6.29 Å². The molecule has 0 spiro atoms. The molecule has 1 aromatic rings. The second-order valence-corrected chi connectivity index (χ2v) is 2.99. The van der Waals surface area contributed by atoms with Gasteiger partial charge in [0, 0.05) is 17.8 Å². The van der Waals surface area contributed by atoms with E-state index in [2.05, 4.69) is 11.9 Å². The van der Waals surface area contributed by atoms with Crippen LogP contribution in [0, 0.1) is 0 Å². The van der Waals surface area contributed by atoms with E-state index in [1.54, 1.807) is 0 Å². The van der Waals surface area contributed by atoms with Crippen LogP contribution in [0.4, 0.5) is 0 Å². The average Bonchev–Trinajstić information content (AvgIpc) is 2.15. The topological polar surface area (TPSA) is 29.1 Å². The summed E-state index contributed by atoms with van der Waals surface area (Å²) in [6.45, 7) is 6.41. The lowest BCUT2D eigenvalue weighted by Crippen LogP contribution is -2.08. The Balaban J connectivity index is 2.59. The summed E-state index contributed by atoms with van der Waals surface area (Å²) >= 11 is 0. The molecule has 0 heterocycles. The first-order valence-electron chi connectivity index (χ1n) is 4.16. The van der Waals surface area contributed by atoms with Gasteiger partial charge in [-0.3, -0.25) is 4.79 Å². The Morgan fingerprint density at radius 3 is 2.54 bits per heavy atom. The molecule has 0 aliphatic carbocycles. The fourth-order valence-electron chi connectivity index (χ4n) is 0.967. The molecule has 2 nitrogen and oxygen atoms in total. The van der Waals surface area contributed by atoms with Crippen LogP contribution in [0.2, 0.25) is 0 Å². The van der Waals surface area contributed by atoms with Crippen molar-refractivity contribution in [2.75, 3.05) is 0 Å². The Bertz CT molecular complexity index is 300. The molecule has 0 saturated carbocycles. The van der Waals surface area contributed by atoms with Crippen molar-refractivity contribution < 1.29 is 4.79 Å². The Kier molecular flexibility index (Phi) is 3.26. The zero-order chi connectivity index (χ0) is 9.68. The van der Waals surface area contributed by atoms with Gasteiger partial charge in [-0.15, -0.1) is 0 Å². The lowest BCUT2D eigenvalue weighted by Gasteiger charge is -2.04. The number of nitrogens with one attached hydrogen (secondary N) is 1. The van der Waals surface area contributed by atoms with Gasteiger partial charge in [0.2, 0.25) is 0 Å². The van der Waals surface area contributed by atoms with Crippen molar-refractivity contribution in [1.82, 2.24) is 5.32 Å². The third-order valence-electron chi connectivity index (χ3n) is 1.71. The van der Waals surface area contributed by atoms with Gasteiger partial charge in [-0.2, -0.15) is 0 Å². The van der Waals surface area contributed by atoms with Gasteiger partial charge >= 0.3 is 0 Å². The van der Waals surface area contributed by atoms with Crippen LogP contribution < -0.4 is 5.32 Å². The van der Waals surface area contributed by atoms with Gasteiger partial charge in [0.25, 0.3) is 0 Å². The number of rotatable bonds is 4. The highest BCUT2D eigenvalue weighted by Gasteiger charge is 1.92. The number of carbonyl (C=O) groups excluding carboxylic acids is 1. The summed E-state index contributed by atoms with van der Waals surface area (Å²) in [4.78, 5) is 10.4. The van der Waals surface area contributed by atoms with Crippen molar-refractivity contribution in [2.24, 2.45) is 0 Å². The molecule has 0 radical (unpaired) electrons. The molecule has 0 atom stereocenters. The molecule has 0 fully saturated rings. The second-order valence-electron chi connectivity index (χ2n) is 2.99. The number of aldehydes is 1. The lowest BCUT2D eigenvalue weighted by molar-refractivity contribution is 0.112. The highest BCUT2D eigenvalue weighted by molar-refractivity contribution is 5.74. The van der Waals surface area contributed by atoms with E-state index < -0.39 is 0 Å². The summed E-state index contributed by atoms with van der Waals surface area (Å²) in [6.07, 6.45) is 0.843. The first kappa shape index (κ1) is 9.52. The predicted molar refractivity (Wildman–Crippen MR) is 53.5 cm³/mol. The third kappa shape index (κ3) is 3.11. The fraction of sp³-hybridized carbons (Fsp3) is 0.182. The molecular weight excluding hydrogens is 162 g/mol. The number of hydrogen-bond acceptors (Lipinski definition) is 2. The van der Waals surface area contributed by atoms with Crippen molar-refractivity contribution in [3.05, 3.63) is 47.7 Å². The molecule has 13 heavy (non-hydrogen) atoms. The number of allylic oxidation sites excluding steroid dienone is 1. The van der Waals surface area contributed by atoms with E-state index in [9.17, 15) is 4.79 Å². The van der Waals surface area contributed by atoms with Gasteiger partial charge in [-0.1, -0.05) is 30.8 Å². The monoisotopic (exact) mass is 175 g/mol. The predicted octanol–water partition coefficient (Wildman–Crippen LogP) is 2.12. The van der Waals surface area contributed by atoms with E-state index in [1.807, 2.05) is 31.2 Å². The summed E-state index contributed by atoms with van der Waals surface area (Å²) in [6, 6.07) is 7.48. The highest BCUT2D eigenvalue weighted by Crippen LogP contribution is 2.02. The van der Waals surface area contributed by atoms with Gasteiger partial charge in [0.1, 0.15) is 6.29 Å². The zero-order valence-electron chi connectivity index (χ0n) is 7.71. The minimum atomic E-state index is 0.707. The van der Waals surface area contributed by atoms with Crippen molar-refractivity contribution in [3.63, 3.8) is 0 Å². The maximum atomic E-state index is 10.4.